The predicted molar refractivity (Wildman–Crippen MR) is 70.5 cm³/mol. The lowest BCUT2D eigenvalue weighted by Gasteiger charge is -2.49. The van der Waals surface area contributed by atoms with Crippen LogP contribution in [0.15, 0.2) is 12.8 Å². The molecular formula is C12H26N2Si. The van der Waals surface area contributed by atoms with E-state index in [4.69, 9.17) is 0 Å². The Morgan fingerprint density at radius 3 is 1.87 bits per heavy atom. The summed E-state index contributed by atoms with van der Waals surface area (Å²) in [6.07, 6.45) is 1.98. The van der Waals surface area contributed by atoms with E-state index < -0.39 is 8.24 Å². The van der Waals surface area contributed by atoms with Crippen molar-refractivity contribution in [2.24, 2.45) is 0 Å². The van der Waals surface area contributed by atoms with Crippen LogP contribution in [0.5, 0.6) is 0 Å². The van der Waals surface area contributed by atoms with Crippen molar-refractivity contribution in [3.8, 4) is 0 Å². The van der Waals surface area contributed by atoms with E-state index in [-0.39, 0.29) is 0 Å². The second-order valence-electron chi connectivity index (χ2n) is 6.01. The van der Waals surface area contributed by atoms with Crippen LogP contribution in [0.3, 0.4) is 0 Å². The molecule has 1 fully saturated rings. The third-order valence-corrected chi connectivity index (χ3v) is 9.90. The number of piperazine rings is 1. The molecule has 0 amide bonds. The van der Waals surface area contributed by atoms with Crippen molar-refractivity contribution in [3.05, 3.63) is 12.8 Å². The quantitative estimate of drug-likeness (QED) is 0.668. The summed E-state index contributed by atoms with van der Waals surface area (Å²) in [5.41, 5.74) is 0. The summed E-state index contributed by atoms with van der Waals surface area (Å²) < 4.78 is 2.74. The first kappa shape index (κ1) is 12.8. The number of hydrogen-bond acceptors (Lipinski definition) is 2. The van der Waals surface area contributed by atoms with Gasteiger partial charge in [0.05, 0.1) is 0 Å². The molecule has 0 bridgehead atoms. The van der Waals surface area contributed by atoms with Crippen LogP contribution in [-0.2, 0) is 0 Å². The van der Waals surface area contributed by atoms with Crippen molar-refractivity contribution in [2.45, 2.75) is 38.9 Å². The van der Waals surface area contributed by atoms with Gasteiger partial charge in [0, 0.05) is 26.2 Å². The molecule has 0 aromatic rings. The van der Waals surface area contributed by atoms with Crippen LogP contribution in [0.4, 0.5) is 0 Å². The summed E-state index contributed by atoms with van der Waals surface area (Å²) in [4.78, 5) is 2.32. The van der Waals surface area contributed by atoms with E-state index in [9.17, 15) is 0 Å². The van der Waals surface area contributed by atoms with E-state index in [1.165, 1.54) is 13.1 Å². The van der Waals surface area contributed by atoms with Crippen molar-refractivity contribution in [3.63, 3.8) is 0 Å². The zero-order chi connectivity index (χ0) is 11.7. The second kappa shape index (κ2) is 4.30. The van der Waals surface area contributed by atoms with Crippen LogP contribution in [0.2, 0.25) is 18.1 Å². The van der Waals surface area contributed by atoms with Crippen LogP contribution in [0, 0.1) is 0 Å². The highest BCUT2D eigenvalue weighted by Crippen LogP contribution is 2.38. The van der Waals surface area contributed by atoms with Gasteiger partial charge in [-0.2, -0.15) is 0 Å². The van der Waals surface area contributed by atoms with Gasteiger partial charge in [-0.25, -0.2) is 0 Å². The third kappa shape index (κ3) is 2.64. The van der Waals surface area contributed by atoms with Gasteiger partial charge < -0.3 is 9.47 Å². The van der Waals surface area contributed by atoms with Gasteiger partial charge in [0.25, 0.3) is 0 Å². The molecule has 15 heavy (non-hydrogen) atoms. The molecule has 0 spiro atoms. The molecule has 1 heterocycles. The van der Waals surface area contributed by atoms with Crippen LogP contribution in [0.1, 0.15) is 20.8 Å². The zero-order valence-electron chi connectivity index (χ0n) is 11.0. The number of nitrogens with zero attached hydrogens (tertiary/aromatic N) is 2. The van der Waals surface area contributed by atoms with E-state index in [1.807, 2.05) is 6.20 Å². The normalized spacial score (nSPS) is 20.5. The highest BCUT2D eigenvalue weighted by Gasteiger charge is 2.41. The van der Waals surface area contributed by atoms with E-state index in [1.54, 1.807) is 0 Å². The van der Waals surface area contributed by atoms with E-state index in [2.05, 4.69) is 49.9 Å². The summed E-state index contributed by atoms with van der Waals surface area (Å²) in [6.45, 7) is 20.7. The molecule has 0 atom stereocenters. The molecule has 0 aromatic heterocycles. The first-order valence-corrected chi connectivity index (χ1v) is 8.85. The molecule has 0 N–H and O–H groups in total. The van der Waals surface area contributed by atoms with Crippen LogP contribution >= 0.6 is 0 Å². The molecule has 0 aliphatic carbocycles. The summed E-state index contributed by atoms with van der Waals surface area (Å²) in [7, 11) is -1.27. The molecule has 0 saturated carbocycles. The van der Waals surface area contributed by atoms with Gasteiger partial charge in [-0.05, 0) is 11.2 Å². The molecule has 0 radical (unpaired) electrons. The SMILES string of the molecule is C=CN1CCN([Si](C)(C)C(C)(C)C)CC1. The van der Waals surface area contributed by atoms with Gasteiger partial charge in [0.2, 0.25) is 0 Å². The maximum Gasteiger partial charge on any atom is 0.127 e. The second-order valence-corrected chi connectivity index (χ2v) is 11.3. The number of hydrogen-bond donors (Lipinski definition) is 0. The monoisotopic (exact) mass is 226 g/mol. The van der Waals surface area contributed by atoms with E-state index >= 15 is 0 Å². The largest absolute Gasteiger partial charge is 0.375 e. The highest BCUT2D eigenvalue weighted by molar-refractivity contribution is 6.77. The molecule has 3 heteroatoms. The van der Waals surface area contributed by atoms with Gasteiger partial charge >= 0.3 is 0 Å². The molecule has 2 nitrogen and oxygen atoms in total. The fourth-order valence-electron chi connectivity index (χ4n) is 1.94. The highest BCUT2D eigenvalue weighted by atomic mass is 28.3. The first-order valence-electron chi connectivity index (χ1n) is 5.90. The Labute approximate surface area is 96.0 Å². The number of rotatable bonds is 2. The summed E-state index contributed by atoms with van der Waals surface area (Å²) in [5.74, 6) is 0. The Morgan fingerprint density at radius 1 is 1.07 bits per heavy atom. The lowest BCUT2D eigenvalue weighted by Crippen LogP contribution is -2.60. The summed E-state index contributed by atoms with van der Waals surface area (Å²) in [6, 6.07) is 0. The first-order chi connectivity index (χ1) is 6.79. The van der Waals surface area contributed by atoms with Gasteiger partial charge in [0.15, 0.2) is 0 Å². The van der Waals surface area contributed by atoms with E-state index in [0.29, 0.717) is 5.04 Å². The summed E-state index contributed by atoms with van der Waals surface area (Å²) in [5, 5.41) is 0.462. The fraction of sp³-hybridized carbons (Fsp3) is 0.833. The smallest absolute Gasteiger partial charge is 0.127 e. The van der Waals surface area contributed by atoms with Gasteiger partial charge in [-0.15, -0.1) is 0 Å². The molecule has 1 aliphatic heterocycles. The molecule has 0 unspecified atom stereocenters. The Balaban J connectivity index is 2.63. The lowest BCUT2D eigenvalue weighted by atomic mass is 10.2. The van der Waals surface area contributed by atoms with E-state index in [0.717, 1.165) is 13.1 Å². The molecule has 1 saturated heterocycles. The lowest BCUT2D eigenvalue weighted by molar-refractivity contribution is 0.233. The molecular weight excluding hydrogens is 200 g/mol. The predicted octanol–water partition coefficient (Wildman–Crippen LogP) is 2.75. The minimum absolute atomic E-state index is 0.462. The standard InChI is InChI=1S/C12H26N2Si/c1-7-13-8-10-14(11-9-13)15(5,6)12(2,3)4/h7H,1,8-11H2,2-6H3. The Bertz CT molecular complexity index is 222. The maximum absolute atomic E-state index is 3.84. The van der Waals surface area contributed by atoms with Gasteiger partial charge in [0.1, 0.15) is 8.24 Å². The topological polar surface area (TPSA) is 6.48 Å². The van der Waals surface area contributed by atoms with Crippen LogP contribution in [-0.4, -0.2) is 43.9 Å². The van der Waals surface area contributed by atoms with Gasteiger partial charge in [-0.1, -0.05) is 40.4 Å². The molecule has 1 rings (SSSR count). The molecule has 88 valence electrons. The van der Waals surface area contributed by atoms with Crippen molar-refractivity contribution >= 4 is 8.24 Å². The Kier molecular flexibility index (Phi) is 3.66. The minimum Gasteiger partial charge on any atom is -0.375 e. The fourth-order valence-corrected chi connectivity index (χ4v) is 4.20. The van der Waals surface area contributed by atoms with Crippen LogP contribution < -0.4 is 0 Å². The average Bonchev–Trinajstić information content (AvgIpc) is 2.16. The van der Waals surface area contributed by atoms with Crippen molar-refractivity contribution in [2.75, 3.05) is 26.2 Å². The van der Waals surface area contributed by atoms with Crippen LogP contribution in [0.25, 0.3) is 0 Å². The van der Waals surface area contributed by atoms with Crippen molar-refractivity contribution in [1.82, 2.24) is 9.47 Å². The maximum atomic E-state index is 3.84. The van der Waals surface area contributed by atoms with Gasteiger partial charge in [-0.3, -0.25) is 0 Å². The zero-order valence-corrected chi connectivity index (χ0v) is 12.0. The van der Waals surface area contributed by atoms with Crippen molar-refractivity contribution in [1.29, 1.82) is 0 Å². The average molecular weight is 226 g/mol. The minimum atomic E-state index is -1.27. The molecule has 0 aromatic carbocycles. The van der Waals surface area contributed by atoms with Crippen molar-refractivity contribution < 1.29 is 0 Å². The third-order valence-electron chi connectivity index (χ3n) is 4.20. The molecule has 1 aliphatic rings. The summed E-state index contributed by atoms with van der Waals surface area (Å²) >= 11 is 0. The Hall–Kier alpha value is -0.283. The Morgan fingerprint density at radius 2 is 1.53 bits per heavy atom.